The number of ether oxygens (including phenoxy) is 2. The Morgan fingerprint density at radius 3 is 2.75 bits per heavy atom. The van der Waals surface area contributed by atoms with Gasteiger partial charge in [-0.2, -0.15) is 0 Å². The van der Waals surface area contributed by atoms with Crippen molar-refractivity contribution in [1.82, 2.24) is 5.32 Å². The molecule has 1 atom stereocenters. The molecule has 110 valence electrons. The maximum Gasteiger partial charge on any atom is 0.260 e. The van der Waals surface area contributed by atoms with E-state index in [0.717, 1.165) is 0 Å². The van der Waals surface area contributed by atoms with E-state index in [1.54, 1.807) is 6.92 Å². The fraction of sp³-hybridized carbons (Fsp3) is 0.385. The molecule has 5 nitrogen and oxygen atoms in total. The SMILES string of the molecule is COCCNC(=O)C(C)Oc1c(Cl)cc(Cl)cc1C=O. The first-order valence-corrected chi connectivity index (χ1v) is 6.62. The maximum atomic E-state index is 11.8. The van der Waals surface area contributed by atoms with Crippen LogP contribution in [0.5, 0.6) is 5.75 Å². The van der Waals surface area contributed by atoms with Crippen LogP contribution in [-0.4, -0.2) is 38.6 Å². The summed E-state index contributed by atoms with van der Waals surface area (Å²) in [6.07, 6.45) is -0.230. The van der Waals surface area contributed by atoms with Crippen LogP contribution in [-0.2, 0) is 9.53 Å². The van der Waals surface area contributed by atoms with E-state index in [2.05, 4.69) is 5.32 Å². The molecular weight excluding hydrogens is 305 g/mol. The van der Waals surface area contributed by atoms with Gasteiger partial charge in [0.05, 0.1) is 17.2 Å². The smallest absolute Gasteiger partial charge is 0.260 e. The van der Waals surface area contributed by atoms with Crippen LogP contribution in [0.3, 0.4) is 0 Å². The fourth-order valence-electron chi connectivity index (χ4n) is 1.44. The molecule has 1 aromatic rings. The molecule has 0 saturated carbocycles. The van der Waals surface area contributed by atoms with Crippen molar-refractivity contribution in [2.45, 2.75) is 13.0 Å². The molecule has 1 N–H and O–H groups in total. The van der Waals surface area contributed by atoms with E-state index < -0.39 is 6.10 Å². The quantitative estimate of drug-likeness (QED) is 0.619. The van der Waals surface area contributed by atoms with E-state index in [-0.39, 0.29) is 22.2 Å². The van der Waals surface area contributed by atoms with E-state index in [9.17, 15) is 9.59 Å². The van der Waals surface area contributed by atoms with Crippen LogP contribution >= 0.6 is 23.2 Å². The van der Waals surface area contributed by atoms with Crippen molar-refractivity contribution in [3.63, 3.8) is 0 Å². The lowest BCUT2D eigenvalue weighted by Gasteiger charge is -2.17. The minimum atomic E-state index is -0.802. The van der Waals surface area contributed by atoms with Gasteiger partial charge in [0.1, 0.15) is 5.75 Å². The van der Waals surface area contributed by atoms with Gasteiger partial charge in [0.25, 0.3) is 5.91 Å². The van der Waals surface area contributed by atoms with E-state index in [1.165, 1.54) is 19.2 Å². The summed E-state index contributed by atoms with van der Waals surface area (Å²) in [6, 6.07) is 2.87. The lowest BCUT2D eigenvalue weighted by molar-refractivity contribution is -0.127. The van der Waals surface area contributed by atoms with Crippen molar-refractivity contribution in [2.24, 2.45) is 0 Å². The van der Waals surface area contributed by atoms with Gasteiger partial charge in [-0.3, -0.25) is 9.59 Å². The second-order valence-corrected chi connectivity index (χ2v) is 4.81. The zero-order chi connectivity index (χ0) is 15.1. The van der Waals surface area contributed by atoms with Crippen molar-refractivity contribution < 1.29 is 19.1 Å². The molecule has 0 bridgehead atoms. The number of carbonyl (C=O) groups is 2. The number of rotatable bonds is 7. The predicted molar refractivity (Wildman–Crippen MR) is 76.8 cm³/mol. The Bertz CT molecular complexity index is 494. The van der Waals surface area contributed by atoms with Crippen molar-refractivity contribution >= 4 is 35.4 Å². The third-order valence-corrected chi connectivity index (χ3v) is 2.93. The van der Waals surface area contributed by atoms with Gasteiger partial charge in [0.15, 0.2) is 12.4 Å². The van der Waals surface area contributed by atoms with Crippen LogP contribution in [0.2, 0.25) is 10.0 Å². The molecule has 0 aliphatic carbocycles. The molecule has 0 fully saturated rings. The first-order chi connectivity index (χ1) is 9.49. The lowest BCUT2D eigenvalue weighted by atomic mass is 10.2. The van der Waals surface area contributed by atoms with Gasteiger partial charge in [-0.25, -0.2) is 0 Å². The number of benzene rings is 1. The Balaban J connectivity index is 2.77. The Labute approximate surface area is 127 Å². The molecule has 0 heterocycles. The van der Waals surface area contributed by atoms with Gasteiger partial charge >= 0.3 is 0 Å². The van der Waals surface area contributed by atoms with E-state index in [4.69, 9.17) is 32.7 Å². The second kappa shape index (κ2) is 8.09. The highest BCUT2D eigenvalue weighted by atomic mass is 35.5. The molecule has 1 aromatic carbocycles. The van der Waals surface area contributed by atoms with Crippen molar-refractivity contribution in [3.05, 3.63) is 27.7 Å². The monoisotopic (exact) mass is 319 g/mol. The lowest BCUT2D eigenvalue weighted by Crippen LogP contribution is -2.38. The number of carbonyl (C=O) groups excluding carboxylic acids is 2. The zero-order valence-electron chi connectivity index (χ0n) is 11.1. The summed E-state index contributed by atoms with van der Waals surface area (Å²) in [5, 5.41) is 3.12. The van der Waals surface area contributed by atoms with E-state index >= 15 is 0 Å². The number of methoxy groups -OCH3 is 1. The average molecular weight is 320 g/mol. The van der Waals surface area contributed by atoms with Gasteiger partial charge in [0.2, 0.25) is 0 Å². The Kier molecular flexibility index (Phi) is 6.78. The van der Waals surface area contributed by atoms with Crippen LogP contribution < -0.4 is 10.1 Å². The molecule has 0 spiro atoms. The van der Waals surface area contributed by atoms with Crippen LogP contribution in [0, 0.1) is 0 Å². The summed E-state index contributed by atoms with van der Waals surface area (Å²) in [6.45, 7) is 2.33. The number of nitrogens with one attached hydrogen (secondary N) is 1. The Hall–Kier alpha value is -1.30. The summed E-state index contributed by atoms with van der Waals surface area (Å²) < 4.78 is 10.3. The molecule has 0 radical (unpaired) electrons. The molecular formula is C13H15Cl2NO4. The van der Waals surface area contributed by atoms with E-state index in [1.807, 2.05) is 0 Å². The van der Waals surface area contributed by atoms with Gasteiger partial charge < -0.3 is 14.8 Å². The van der Waals surface area contributed by atoms with Gasteiger partial charge in [-0.15, -0.1) is 0 Å². The molecule has 0 saturated heterocycles. The highest BCUT2D eigenvalue weighted by Crippen LogP contribution is 2.32. The van der Waals surface area contributed by atoms with Gasteiger partial charge in [0, 0.05) is 18.7 Å². The average Bonchev–Trinajstić information content (AvgIpc) is 2.41. The fourth-order valence-corrected chi connectivity index (χ4v) is 2.00. The topological polar surface area (TPSA) is 64.6 Å². The zero-order valence-corrected chi connectivity index (χ0v) is 12.6. The second-order valence-electron chi connectivity index (χ2n) is 3.97. The number of aldehydes is 1. The number of amides is 1. The highest BCUT2D eigenvalue weighted by Gasteiger charge is 2.18. The minimum Gasteiger partial charge on any atom is -0.479 e. The van der Waals surface area contributed by atoms with Crippen LogP contribution in [0.1, 0.15) is 17.3 Å². The third kappa shape index (κ3) is 4.67. The van der Waals surface area contributed by atoms with E-state index in [0.29, 0.717) is 24.5 Å². The number of hydrogen-bond donors (Lipinski definition) is 1. The predicted octanol–water partition coefficient (Wildman–Crippen LogP) is 2.34. The van der Waals surface area contributed by atoms with Crippen molar-refractivity contribution in [2.75, 3.05) is 20.3 Å². The minimum absolute atomic E-state index is 0.139. The van der Waals surface area contributed by atoms with Crippen LogP contribution in [0.4, 0.5) is 0 Å². The molecule has 1 amide bonds. The third-order valence-electron chi connectivity index (χ3n) is 2.43. The molecule has 0 aromatic heterocycles. The molecule has 1 unspecified atom stereocenters. The first kappa shape index (κ1) is 16.8. The Morgan fingerprint density at radius 2 is 2.15 bits per heavy atom. The number of hydrogen-bond acceptors (Lipinski definition) is 4. The van der Waals surface area contributed by atoms with Crippen molar-refractivity contribution in [3.8, 4) is 5.75 Å². The number of halogens is 2. The molecule has 7 heteroatoms. The molecule has 0 aliphatic heterocycles. The summed E-state index contributed by atoms with van der Waals surface area (Å²) in [4.78, 5) is 22.7. The summed E-state index contributed by atoms with van der Waals surface area (Å²) in [5.41, 5.74) is 0.194. The maximum absolute atomic E-state index is 11.8. The van der Waals surface area contributed by atoms with Crippen LogP contribution in [0.25, 0.3) is 0 Å². The van der Waals surface area contributed by atoms with Gasteiger partial charge in [-0.1, -0.05) is 23.2 Å². The molecule has 0 aliphatic rings. The molecule has 1 rings (SSSR count). The van der Waals surface area contributed by atoms with Crippen molar-refractivity contribution in [1.29, 1.82) is 0 Å². The standard InChI is InChI=1S/C13H15Cl2NO4/c1-8(13(18)16-3-4-19-2)20-12-9(7-17)5-10(14)6-11(12)15/h5-8H,3-4H2,1-2H3,(H,16,18). The Morgan fingerprint density at radius 1 is 1.45 bits per heavy atom. The normalized spacial score (nSPS) is 11.8. The highest BCUT2D eigenvalue weighted by molar-refractivity contribution is 6.36. The first-order valence-electron chi connectivity index (χ1n) is 5.87. The van der Waals surface area contributed by atoms with Crippen LogP contribution in [0.15, 0.2) is 12.1 Å². The summed E-state index contributed by atoms with van der Waals surface area (Å²) >= 11 is 11.8. The summed E-state index contributed by atoms with van der Waals surface area (Å²) in [5.74, 6) is -0.189. The molecule has 20 heavy (non-hydrogen) atoms. The largest absolute Gasteiger partial charge is 0.479 e. The summed E-state index contributed by atoms with van der Waals surface area (Å²) in [7, 11) is 1.54. The van der Waals surface area contributed by atoms with Gasteiger partial charge in [-0.05, 0) is 19.1 Å².